The van der Waals surface area contributed by atoms with Gasteiger partial charge in [0.2, 0.25) is 11.8 Å². The summed E-state index contributed by atoms with van der Waals surface area (Å²) in [5.41, 5.74) is 1.55. The average molecular weight is 631 g/mol. The number of anilines is 3. The van der Waals surface area contributed by atoms with Crippen LogP contribution in [0.5, 0.6) is 11.6 Å². The smallest absolute Gasteiger partial charge is 0.417 e. The van der Waals surface area contributed by atoms with E-state index in [9.17, 15) is 22.8 Å². The van der Waals surface area contributed by atoms with Gasteiger partial charge in [0.25, 0.3) is 0 Å². The van der Waals surface area contributed by atoms with Crippen molar-refractivity contribution in [2.24, 2.45) is 0 Å². The van der Waals surface area contributed by atoms with Gasteiger partial charge >= 0.3 is 12.2 Å². The monoisotopic (exact) mass is 630 g/mol. The van der Waals surface area contributed by atoms with Crippen LogP contribution in [-0.2, 0) is 11.0 Å². The third kappa shape index (κ3) is 6.78. The fourth-order valence-electron chi connectivity index (χ4n) is 4.72. The number of alkyl halides is 3. The van der Waals surface area contributed by atoms with Gasteiger partial charge in [-0.3, -0.25) is 14.7 Å². The van der Waals surface area contributed by atoms with E-state index in [1.165, 1.54) is 17.5 Å². The first-order valence-corrected chi connectivity index (χ1v) is 14.7. The topological polar surface area (TPSA) is 109 Å². The van der Waals surface area contributed by atoms with Crippen molar-refractivity contribution in [1.82, 2.24) is 15.0 Å². The molecule has 6 rings (SSSR count). The van der Waals surface area contributed by atoms with Crippen molar-refractivity contribution in [2.75, 3.05) is 22.1 Å². The van der Waals surface area contributed by atoms with Gasteiger partial charge in [-0.25, -0.2) is 14.8 Å². The maximum absolute atomic E-state index is 13.4. The van der Waals surface area contributed by atoms with E-state index in [1.54, 1.807) is 66.6 Å². The molecule has 0 unspecified atom stereocenters. The Morgan fingerprint density at radius 2 is 1.67 bits per heavy atom. The van der Waals surface area contributed by atoms with Crippen LogP contribution in [0.15, 0.2) is 85.3 Å². The molecule has 3 aromatic heterocycles. The van der Waals surface area contributed by atoms with Gasteiger partial charge in [0.1, 0.15) is 5.75 Å². The third-order valence-electron chi connectivity index (χ3n) is 7.00. The van der Waals surface area contributed by atoms with Crippen LogP contribution in [-0.4, -0.2) is 33.4 Å². The van der Waals surface area contributed by atoms with Gasteiger partial charge in [0.05, 0.1) is 33.7 Å². The van der Waals surface area contributed by atoms with E-state index in [1.807, 2.05) is 12.1 Å². The Bertz CT molecular complexity index is 1860. The number of halogens is 3. The van der Waals surface area contributed by atoms with Gasteiger partial charge in [-0.1, -0.05) is 41.7 Å². The van der Waals surface area contributed by atoms with E-state index >= 15 is 0 Å². The first-order valence-electron chi connectivity index (χ1n) is 13.9. The Balaban J connectivity index is 1.12. The molecule has 3 amide bonds. The average Bonchev–Trinajstić information content (AvgIpc) is 3.68. The molecule has 13 heteroatoms. The van der Waals surface area contributed by atoms with Crippen LogP contribution in [0.3, 0.4) is 0 Å². The number of urea groups is 1. The molecule has 0 radical (unpaired) electrons. The number of rotatable bonds is 7. The van der Waals surface area contributed by atoms with Crippen molar-refractivity contribution in [3.05, 3.63) is 96.4 Å². The normalized spacial score (nSPS) is 13.2. The second kappa shape index (κ2) is 12.4. The Labute approximate surface area is 259 Å². The minimum atomic E-state index is -4.63. The number of aryl methyl sites for hydroxylation is 1. The largest absolute Gasteiger partial charge is 0.439 e. The van der Waals surface area contributed by atoms with Crippen molar-refractivity contribution in [1.29, 1.82) is 0 Å². The second-order valence-corrected chi connectivity index (χ2v) is 11.2. The molecule has 0 aliphatic carbocycles. The van der Waals surface area contributed by atoms with Gasteiger partial charge in [-0.2, -0.15) is 13.2 Å². The van der Waals surface area contributed by atoms with Crippen LogP contribution in [0.25, 0.3) is 21.7 Å². The number of nitrogens with zero attached hydrogens (tertiary/aromatic N) is 4. The van der Waals surface area contributed by atoms with E-state index in [4.69, 9.17) is 4.74 Å². The van der Waals surface area contributed by atoms with E-state index in [0.717, 1.165) is 29.1 Å². The molecule has 1 fully saturated rings. The summed E-state index contributed by atoms with van der Waals surface area (Å²) in [5.74, 6) is 0.913. The molecule has 1 aliphatic rings. The molecular weight excluding hydrogens is 605 g/mol. The molecule has 5 aromatic rings. The van der Waals surface area contributed by atoms with Crippen LogP contribution in [0.1, 0.15) is 24.0 Å². The van der Waals surface area contributed by atoms with E-state index in [0.29, 0.717) is 40.7 Å². The quantitative estimate of drug-likeness (QED) is 0.188. The SMILES string of the molecule is Cc1cc(Oc2ccc(-c3cnc(N4CCCC4=O)s3)cc2)ncc1NC(=O)Nc1cc(C(F)(F)F)cnc1-c1ccccc1. The number of amides is 3. The summed E-state index contributed by atoms with van der Waals surface area (Å²) >= 11 is 1.45. The Morgan fingerprint density at radius 1 is 0.911 bits per heavy atom. The van der Waals surface area contributed by atoms with Crippen molar-refractivity contribution >= 4 is 39.8 Å². The summed E-state index contributed by atoms with van der Waals surface area (Å²) in [6.07, 6.45) is 0.640. The number of ether oxygens (including phenoxy) is 1. The van der Waals surface area contributed by atoms with Crippen LogP contribution in [0.4, 0.5) is 34.5 Å². The lowest BCUT2D eigenvalue weighted by Gasteiger charge is -2.15. The van der Waals surface area contributed by atoms with E-state index < -0.39 is 17.8 Å². The highest BCUT2D eigenvalue weighted by atomic mass is 32.1. The van der Waals surface area contributed by atoms with Crippen molar-refractivity contribution in [2.45, 2.75) is 25.9 Å². The number of nitrogens with one attached hydrogen (secondary N) is 2. The van der Waals surface area contributed by atoms with Crippen LogP contribution in [0, 0.1) is 6.92 Å². The zero-order valence-electron chi connectivity index (χ0n) is 23.8. The molecule has 45 heavy (non-hydrogen) atoms. The number of benzene rings is 2. The minimum absolute atomic E-state index is 0.0921. The van der Waals surface area contributed by atoms with Crippen LogP contribution in [0.2, 0.25) is 0 Å². The highest BCUT2D eigenvalue weighted by Gasteiger charge is 2.32. The van der Waals surface area contributed by atoms with E-state index in [-0.39, 0.29) is 23.2 Å². The lowest BCUT2D eigenvalue weighted by molar-refractivity contribution is -0.137. The Morgan fingerprint density at radius 3 is 2.36 bits per heavy atom. The standard InChI is InChI=1S/C32H25F3N6O3S/c1-19-14-27(44-23-11-9-20(10-12-23)26-18-38-31(45-26)41-13-5-8-28(41)42)36-17-25(19)40-30(43)39-24-15-22(32(33,34)35)16-37-29(24)21-6-3-2-4-7-21/h2-4,6-7,9-12,14-18H,5,8,13H2,1H3,(H2,39,40,43). The number of hydrogen-bond donors (Lipinski definition) is 2. The number of pyridine rings is 2. The molecule has 228 valence electrons. The molecule has 0 spiro atoms. The number of thiazole rings is 1. The molecule has 2 aromatic carbocycles. The molecule has 2 N–H and O–H groups in total. The Kier molecular flexibility index (Phi) is 8.18. The van der Waals surface area contributed by atoms with Crippen molar-refractivity contribution in [3.63, 3.8) is 0 Å². The number of carbonyl (C=O) groups excluding carboxylic acids is 2. The molecule has 0 bridgehead atoms. The lowest BCUT2D eigenvalue weighted by atomic mass is 10.1. The first kappa shape index (κ1) is 29.8. The fourth-order valence-corrected chi connectivity index (χ4v) is 5.68. The summed E-state index contributed by atoms with van der Waals surface area (Å²) in [4.78, 5) is 40.2. The zero-order valence-corrected chi connectivity index (χ0v) is 24.6. The minimum Gasteiger partial charge on any atom is -0.439 e. The molecule has 9 nitrogen and oxygen atoms in total. The number of aromatic nitrogens is 3. The molecule has 0 atom stereocenters. The predicted molar refractivity (Wildman–Crippen MR) is 166 cm³/mol. The fraction of sp³-hybridized carbons (Fsp3) is 0.156. The van der Waals surface area contributed by atoms with Crippen LogP contribution >= 0.6 is 11.3 Å². The number of hydrogen-bond acceptors (Lipinski definition) is 7. The predicted octanol–water partition coefficient (Wildman–Crippen LogP) is 8.16. The molecular formula is C32H25F3N6O3S. The van der Waals surface area contributed by atoms with Crippen molar-refractivity contribution < 1.29 is 27.5 Å². The summed E-state index contributed by atoms with van der Waals surface area (Å²) in [6.45, 7) is 2.42. The van der Waals surface area contributed by atoms with Gasteiger partial charge in [-0.15, -0.1) is 0 Å². The molecule has 0 saturated carbocycles. The first-order chi connectivity index (χ1) is 21.6. The maximum atomic E-state index is 13.4. The van der Waals surface area contributed by atoms with Crippen LogP contribution < -0.4 is 20.3 Å². The molecule has 1 saturated heterocycles. The lowest BCUT2D eigenvalue weighted by Crippen LogP contribution is -2.23. The zero-order chi connectivity index (χ0) is 31.6. The maximum Gasteiger partial charge on any atom is 0.417 e. The summed E-state index contributed by atoms with van der Waals surface area (Å²) in [7, 11) is 0. The Hall–Kier alpha value is -5.30. The summed E-state index contributed by atoms with van der Waals surface area (Å²) in [5, 5.41) is 5.82. The second-order valence-electron chi connectivity index (χ2n) is 10.2. The van der Waals surface area contributed by atoms with Crippen molar-refractivity contribution in [3.8, 4) is 33.3 Å². The molecule has 4 heterocycles. The molecule has 1 aliphatic heterocycles. The number of carbonyl (C=O) groups is 2. The summed E-state index contributed by atoms with van der Waals surface area (Å²) in [6, 6.07) is 17.7. The highest BCUT2D eigenvalue weighted by molar-refractivity contribution is 7.19. The van der Waals surface area contributed by atoms with Gasteiger partial charge in [-0.05, 0) is 54.8 Å². The summed E-state index contributed by atoms with van der Waals surface area (Å²) < 4.78 is 46.1. The third-order valence-corrected chi connectivity index (χ3v) is 8.07. The van der Waals surface area contributed by atoms with Gasteiger partial charge in [0.15, 0.2) is 5.13 Å². The van der Waals surface area contributed by atoms with Gasteiger partial charge < -0.3 is 15.4 Å². The highest BCUT2D eigenvalue weighted by Crippen LogP contribution is 2.36. The van der Waals surface area contributed by atoms with E-state index in [2.05, 4.69) is 25.6 Å². The van der Waals surface area contributed by atoms with Gasteiger partial charge in [0, 0.05) is 37.0 Å².